The van der Waals surface area contributed by atoms with Crippen LogP contribution in [0.1, 0.15) is 20.8 Å². The Labute approximate surface area is 88.1 Å². The van der Waals surface area contributed by atoms with Crippen molar-refractivity contribution in [3.63, 3.8) is 0 Å². The van der Waals surface area contributed by atoms with Crippen LogP contribution in [0.5, 0.6) is 0 Å². The van der Waals surface area contributed by atoms with E-state index in [9.17, 15) is 9.59 Å². The number of rotatable bonds is 4. The lowest BCUT2D eigenvalue weighted by Crippen LogP contribution is -2.46. The summed E-state index contributed by atoms with van der Waals surface area (Å²) in [5, 5.41) is 10.8. The molecule has 15 heavy (non-hydrogen) atoms. The van der Waals surface area contributed by atoms with Crippen molar-refractivity contribution in [1.29, 1.82) is 0 Å². The van der Waals surface area contributed by atoms with Crippen LogP contribution < -0.4 is 5.32 Å². The first-order valence-corrected chi connectivity index (χ1v) is 4.60. The Hall–Kier alpha value is -1.52. The van der Waals surface area contributed by atoms with E-state index in [0.29, 0.717) is 5.76 Å². The number of hydrogen-bond donors (Lipinski definition) is 2. The van der Waals surface area contributed by atoms with Crippen LogP contribution in [0.25, 0.3) is 0 Å². The maximum atomic E-state index is 11.7. The van der Waals surface area contributed by atoms with Gasteiger partial charge in [-0.2, -0.15) is 0 Å². The minimum Gasteiger partial charge on any atom is -0.480 e. The molecular weight excluding hydrogens is 198 g/mol. The van der Waals surface area contributed by atoms with Gasteiger partial charge in [0.05, 0.1) is 5.41 Å². The van der Waals surface area contributed by atoms with Crippen LogP contribution in [0.2, 0.25) is 0 Å². The Balaban J connectivity index is 2.66. The van der Waals surface area contributed by atoms with Crippen LogP contribution in [0, 0.1) is 5.41 Å². The van der Waals surface area contributed by atoms with Gasteiger partial charge in [-0.3, -0.25) is 9.59 Å². The number of aliphatic carboxylic acids is 1. The van der Waals surface area contributed by atoms with Crippen molar-refractivity contribution >= 4 is 11.9 Å². The van der Waals surface area contributed by atoms with Gasteiger partial charge >= 0.3 is 5.97 Å². The highest BCUT2D eigenvalue weighted by molar-refractivity contribution is 5.87. The first-order chi connectivity index (χ1) is 6.72. The molecule has 1 amide bonds. The van der Waals surface area contributed by atoms with Gasteiger partial charge in [-0.25, -0.2) is 0 Å². The molecule has 5 nitrogen and oxygen atoms in total. The molecule has 2 N–H and O–H groups in total. The number of carboxylic acid groups (broad SMARTS) is 1. The molecule has 0 spiro atoms. The van der Waals surface area contributed by atoms with Gasteiger partial charge in [0.25, 0.3) is 0 Å². The summed E-state index contributed by atoms with van der Waals surface area (Å²) in [4.78, 5) is 22.0. The van der Waals surface area contributed by atoms with E-state index in [1.165, 1.54) is 0 Å². The lowest BCUT2D eigenvalue weighted by Gasteiger charge is -2.25. The van der Waals surface area contributed by atoms with Gasteiger partial charge in [-0.05, 0) is 20.8 Å². The standard InChI is InChI=1S/C10H15NO4/c1-6-10(4,15-6)9(2,3)8(14)11-5-7(12)13/h1,5H2,2-4H3,(H,11,14)(H,12,13). The maximum Gasteiger partial charge on any atom is 0.322 e. The van der Waals surface area contributed by atoms with E-state index in [-0.39, 0.29) is 12.5 Å². The van der Waals surface area contributed by atoms with Crippen LogP contribution in [-0.2, 0) is 14.3 Å². The Morgan fingerprint density at radius 1 is 1.60 bits per heavy atom. The van der Waals surface area contributed by atoms with Crippen molar-refractivity contribution in [2.75, 3.05) is 6.54 Å². The maximum absolute atomic E-state index is 11.7. The lowest BCUT2D eigenvalue weighted by molar-refractivity contribution is -0.140. The molecule has 5 heteroatoms. The highest BCUT2D eigenvalue weighted by atomic mass is 16.6. The van der Waals surface area contributed by atoms with Crippen LogP contribution in [0.15, 0.2) is 12.3 Å². The molecule has 1 atom stereocenters. The van der Waals surface area contributed by atoms with Gasteiger partial charge in [0.2, 0.25) is 5.91 Å². The zero-order valence-corrected chi connectivity index (χ0v) is 9.09. The van der Waals surface area contributed by atoms with E-state index in [2.05, 4.69) is 11.9 Å². The molecule has 0 bridgehead atoms. The molecule has 0 saturated carbocycles. The summed E-state index contributed by atoms with van der Waals surface area (Å²) in [5.41, 5.74) is -1.50. The van der Waals surface area contributed by atoms with Gasteiger partial charge in [-0.15, -0.1) is 0 Å². The Morgan fingerprint density at radius 3 is 2.40 bits per heavy atom. The van der Waals surface area contributed by atoms with Crippen molar-refractivity contribution in [3.05, 3.63) is 12.3 Å². The highest BCUT2D eigenvalue weighted by Gasteiger charge is 2.61. The van der Waals surface area contributed by atoms with Gasteiger partial charge in [0.1, 0.15) is 12.3 Å². The van der Waals surface area contributed by atoms with E-state index >= 15 is 0 Å². The molecule has 1 aliphatic heterocycles. The quantitative estimate of drug-likeness (QED) is 0.667. The number of amides is 1. The zero-order chi connectivity index (χ0) is 11.9. The summed E-state index contributed by atoms with van der Waals surface area (Å²) in [6.45, 7) is 8.41. The fraction of sp³-hybridized carbons (Fsp3) is 0.600. The zero-order valence-electron chi connectivity index (χ0n) is 9.09. The molecule has 1 aliphatic rings. The first kappa shape index (κ1) is 11.6. The third-order valence-electron chi connectivity index (χ3n) is 2.98. The molecule has 0 aromatic rings. The van der Waals surface area contributed by atoms with Gasteiger partial charge < -0.3 is 15.2 Å². The number of carboxylic acids is 1. The molecule has 1 unspecified atom stereocenters. The Kier molecular flexibility index (Phi) is 2.51. The van der Waals surface area contributed by atoms with Crippen LogP contribution in [-0.4, -0.2) is 29.1 Å². The number of nitrogens with one attached hydrogen (secondary N) is 1. The average molecular weight is 213 g/mol. The molecule has 0 aliphatic carbocycles. The van der Waals surface area contributed by atoms with E-state index < -0.39 is 17.0 Å². The SMILES string of the molecule is C=C1OC1(C)C(C)(C)C(=O)NCC(=O)O. The molecular formula is C10H15NO4. The van der Waals surface area contributed by atoms with Gasteiger partial charge in [0, 0.05) is 0 Å². The smallest absolute Gasteiger partial charge is 0.322 e. The Bertz CT molecular complexity index is 334. The first-order valence-electron chi connectivity index (χ1n) is 4.60. The molecule has 0 radical (unpaired) electrons. The summed E-state index contributed by atoms with van der Waals surface area (Å²) in [6, 6.07) is 0. The summed E-state index contributed by atoms with van der Waals surface area (Å²) in [6.07, 6.45) is 0. The van der Waals surface area contributed by atoms with E-state index in [1.54, 1.807) is 20.8 Å². The number of epoxide rings is 1. The molecule has 0 aromatic heterocycles. The summed E-state index contributed by atoms with van der Waals surface area (Å²) < 4.78 is 5.19. The summed E-state index contributed by atoms with van der Waals surface area (Å²) >= 11 is 0. The van der Waals surface area contributed by atoms with Crippen molar-refractivity contribution in [3.8, 4) is 0 Å². The third-order valence-corrected chi connectivity index (χ3v) is 2.98. The van der Waals surface area contributed by atoms with Crippen molar-refractivity contribution in [2.45, 2.75) is 26.4 Å². The van der Waals surface area contributed by atoms with Crippen LogP contribution in [0.3, 0.4) is 0 Å². The lowest BCUT2D eigenvalue weighted by atomic mass is 9.78. The minimum atomic E-state index is -1.07. The van der Waals surface area contributed by atoms with Crippen molar-refractivity contribution in [1.82, 2.24) is 5.32 Å². The largest absolute Gasteiger partial charge is 0.480 e. The van der Waals surface area contributed by atoms with Gasteiger partial charge in [0.15, 0.2) is 5.60 Å². The van der Waals surface area contributed by atoms with Crippen LogP contribution >= 0.6 is 0 Å². The number of carbonyl (C=O) groups is 2. The average Bonchev–Trinajstić information content (AvgIpc) is 2.72. The second kappa shape index (κ2) is 3.25. The molecule has 0 aromatic carbocycles. The Morgan fingerprint density at radius 2 is 2.07 bits per heavy atom. The highest BCUT2D eigenvalue weighted by Crippen LogP contribution is 2.52. The molecule has 84 valence electrons. The second-order valence-electron chi connectivity index (χ2n) is 4.26. The van der Waals surface area contributed by atoms with Crippen molar-refractivity contribution < 1.29 is 19.4 Å². The van der Waals surface area contributed by atoms with E-state index in [1.807, 2.05) is 0 Å². The van der Waals surface area contributed by atoms with Gasteiger partial charge in [-0.1, -0.05) is 6.58 Å². The van der Waals surface area contributed by atoms with E-state index in [0.717, 1.165) is 0 Å². The topological polar surface area (TPSA) is 78.9 Å². The predicted octanol–water partition coefficient (Wildman–Crippen LogP) is 0.516. The third kappa shape index (κ3) is 1.82. The van der Waals surface area contributed by atoms with E-state index in [4.69, 9.17) is 9.84 Å². The fourth-order valence-electron chi connectivity index (χ4n) is 1.29. The predicted molar refractivity (Wildman–Crippen MR) is 53.1 cm³/mol. The minimum absolute atomic E-state index is 0.356. The second-order valence-corrected chi connectivity index (χ2v) is 4.26. The van der Waals surface area contributed by atoms with Crippen molar-refractivity contribution in [2.24, 2.45) is 5.41 Å². The number of hydrogen-bond acceptors (Lipinski definition) is 3. The number of ether oxygens (including phenoxy) is 1. The van der Waals surface area contributed by atoms with Crippen LogP contribution in [0.4, 0.5) is 0 Å². The monoisotopic (exact) mass is 213 g/mol. The normalized spacial score (nSPS) is 24.3. The molecule has 1 rings (SSSR count). The molecule has 1 heterocycles. The molecule has 1 fully saturated rings. The summed E-state index contributed by atoms with van der Waals surface area (Å²) in [5.74, 6) is -0.871. The number of carbonyl (C=O) groups excluding carboxylic acids is 1. The fourth-order valence-corrected chi connectivity index (χ4v) is 1.29. The summed E-state index contributed by atoms with van der Waals surface area (Å²) in [7, 11) is 0. The molecule has 1 saturated heterocycles.